The van der Waals surface area contributed by atoms with E-state index in [2.05, 4.69) is 15.4 Å². The van der Waals surface area contributed by atoms with Gasteiger partial charge in [0, 0.05) is 36.2 Å². The van der Waals surface area contributed by atoms with E-state index in [0.29, 0.717) is 28.9 Å². The number of halogens is 4. The third kappa shape index (κ3) is 5.59. The lowest BCUT2D eigenvalue weighted by Gasteiger charge is -2.13. The summed E-state index contributed by atoms with van der Waals surface area (Å²) in [5.41, 5.74) is 3.21. The SMILES string of the molecule is CCC(=O)c1ccc(-c2cnc3c(NCCC(F)(F)F)cc(Oc4cccc(F)c4)nn23)cc1C. The number of alkyl halides is 3. The first kappa shape index (κ1) is 24.2. The van der Waals surface area contributed by atoms with E-state index in [1.165, 1.54) is 34.8 Å². The molecule has 0 saturated heterocycles. The summed E-state index contributed by atoms with van der Waals surface area (Å²) in [6, 6.07) is 12.2. The number of carbonyl (C=O) groups excluding carboxylic acids is 1. The lowest BCUT2D eigenvalue weighted by molar-refractivity contribution is -0.131. The summed E-state index contributed by atoms with van der Waals surface area (Å²) in [6.07, 6.45) is -3.45. The molecule has 2 heterocycles. The number of hydrogen-bond donors (Lipinski definition) is 1. The topological polar surface area (TPSA) is 68.5 Å². The van der Waals surface area contributed by atoms with Crippen molar-refractivity contribution in [3.8, 4) is 22.9 Å². The van der Waals surface area contributed by atoms with Crippen LogP contribution in [-0.4, -0.2) is 33.1 Å². The van der Waals surface area contributed by atoms with E-state index in [9.17, 15) is 22.4 Å². The van der Waals surface area contributed by atoms with Crippen LogP contribution in [0.3, 0.4) is 0 Å². The van der Waals surface area contributed by atoms with Crippen molar-refractivity contribution in [2.75, 3.05) is 11.9 Å². The summed E-state index contributed by atoms with van der Waals surface area (Å²) in [7, 11) is 0. The molecule has 10 heteroatoms. The van der Waals surface area contributed by atoms with Gasteiger partial charge in [-0.1, -0.05) is 25.1 Å². The van der Waals surface area contributed by atoms with Gasteiger partial charge in [-0.05, 0) is 30.7 Å². The standard InChI is InChI=1S/C25H22F4N4O2/c1-3-22(34)19-8-7-16(11-15(19)2)21-14-31-24-20(30-10-9-25(27,28)29)13-23(32-33(21)24)35-18-6-4-5-17(26)12-18/h4-8,11-14,30H,3,9-10H2,1-2H3. The summed E-state index contributed by atoms with van der Waals surface area (Å²) < 4.78 is 58.8. The Morgan fingerprint density at radius 2 is 1.94 bits per heavy atom. The van der Waals surface area contributed by atoms with E-state index < -0.39 is 18.4 Å². The van der Waals surface area contributed by atoms with Gasteiger partial charge >= 0.3 is 6.18 Å². The van der Waals surface area contributed by atoms with Gasteiger partial charge in [-0.2, -0.15) is 13.2 Å². The first-order valence-electron chi connectivity index (χ1n) is 10.9. The molecule has 0 fully saturated rings. The fraction of sp³-hybridized carbons (Fsp3) is 0.240. The minimum Gasteiger partial charge on any atom is -0.437 e. The maximum absolute atomic E-state index is 13.6. The maximum atomic E-state index is 13.6. The number of nitrogens with one attached hydrogen (secondary N) is 1. The fourth-order valence-electron chi connectivity index (χ4n) is 3.64. The molecule has 6 nitrogen and oxygen atoms in total. The Morgan fingerprint density at radius 1 is 1.14 bits per heavy atom. The van der Waals surface area contributed by atoms with Gasteiger partial charge in [-0.15, -0.1) is 5.10 Å². The molecule has 0 saturated carbocycles. The zero-order valence-corrected chi connectivity index (χ0v) is 19.0. The van der Waals surface area contributed by atoms with Crippen LogP contribution in [0.5, 0.6) is 11.6 Å². The summed E-state index contributed by atoms with van der Waals surface area (Å²) in [5, 5.41) is 7.19. The van der Waals surface area contributed by atoms with Crippen LogP contribution < -0.4 is 10.1 Å². The number of aromatic nitrogens is 3. The predicted octanol–water partition coefficient (Wildman–Crippen LogP) is 6.59. The second-order valence-corrected chi connectivity index (χ2v) is 7.93. The Bertz CT molecular complexity index is 1380. The first-order chi connectivity index (χ1) is 16.6. The van der Waals surface area contributed by atoms with E-state index in [1.807, 2.05) is 13.0 Å². The number of anilines is 1. The highest BCUT2D eigenvalue weighted by Gasteiger charge is 2.26. The van der Waals surface area contributed by atoms with Crippen molar-refractivity contribution in [2.45, 2.75) is 32.9 Å². The van der Waals surface area contributed by atoms with Gasteiger partial charge in [-0.3, -0.25) is 4.79 Å². The number of Topliss-reactive ketones (excluding diaryl/α,β-unsaturated/α-hetero) is 1. The molecule has 182 valence electrons. The minimum absolute atomic E-state index is 0.0206. The number of fused-ring (bicyclic) bond motifs is 1. The number of benzene rings is 2. The van der Waals surface area contributed by atoms with Crippen molar-refractivity contribution in [3.05, 3.63) is 71.7 Å². The maximum Gasteiger partial charge on any atom is 0.390 e. The number of imidazole rings is 1. The molecule has 2 aromatic carbocycles. The summed E-state index contributed by atoms with van der Waals surface area (Å²) >= 11 is 0. The lowest BCUT2D eigenvalue weighted by Crippen LogP contribution is -2.15. The highest BCUT2D eigenvalue weighted by Crippen LogP contribution is 2.30. The zero-order chi connectivity index (χ0) is 25.2. The molecular formula is C25H22F4N4O2. The third-order valence-corrected chi connectivity index (χ3v) is 5.33. The molecule has 0 radical (unpaired) electrons. The Balaban J connectivity index is 1.77. The molecule has 4 rings (SSSR count). The van der Waals surface area contributed by atoms with Gasteiger partial charge in [-0.25, -0.2) is 13.9 Å². The van der Waals surface area contributed by atoms with Gasteiger partial charge in [0.1, 0.15) is 11.6 Å². The van der Waals surface area contributed by atoms with Crippen molar-refractivity contribution in [1.29, 1.82) is 0 Å². The molecular weight excluding hydrogens is 464 g/mol. The Kier molecular flexibility index (Phi) is 6.72. The predicted molar refractivity (Wildman–Crippen MR) is 123 cm³/mol. The average molecular weight is 486 g/mol. The molecule has 0 amide bonds. The van der Waals surface area contributed by atoms with Crippen LogP contribution in [0.25, 0.3) is 16.9 Å². The zero-order valence-electron chi connectivity index (χ0n) is 19.0. The van der Waals surface area contributed by atoms with E-state index >= 15 is 0 Å². The van der Waals surface area contributed by atoms with E-state index in [0.717, 1.165) is 5.56 Å². The van der Waals surface area contributed by atoms with Crippen LogP contribution in [0.2, 0.25) is 0 Å². The summed E-state index contributed by atoms with van der Waals surface area (Å²) in [4.78, 5) is 16.5. The number of nitrogens with zero attached hydrogens (tertiary/aromatic N) is 3. The number of hydrogen-bond acceptors (Lipinski definition) is 5. The Labute approximate surface area is 198 Å². The molecule has 0 unspecified atom stereocenters. The van der Waals surface area contributed by atoms with Gasteiger partial charge in [0.25, 0.3) is 0 Å². The first-order valence-corrected chi connectivity index (χ1v) is 10.9. The van der Waals surface area contributed by atoms with Crippen LogP contribution in [0, 0.1) is 12.7 Å². The lowest BCUT2D eigenvalue weighted by atomic mass is 9.99. The molecule has 0 bridgehead atoms. The van der Waals surface area contributed by atoms with Gasteiger partial charge in [0.15, 0.2) is 11.4 Å². The molecule has 35 heavy (non-hydrogen) atoms. The van der Waals surface area contributed by atoms with Crippen molar-refractivity contribution >= 4 is 17.1 Å². The second kappa shape index (κ2) is 9.73. The number of ether oxygens (including phenoxy) is 1. The Hall–Kier alpha value is -3.95. The molecule has 4 aromatic rings. The van der Waals surface area contributed by atoms with Crippen molar-refractivity contribution < 1.29 is 27.1 Å². The average Bonchev–Trinajstić information content (AvgIpc) is 3.22. The summed E-state index contributed by atoms with van der Waals surface area (Å²) in [5.74, 6) is -0.274. The van der Waals surface area contributed by atoms with Crippen LogP contribution in [0.1, 0.15) is 35.7 Å². The van der Waals surface area contributed by atoms with Crippen LogP contribution in [-0.2, 0) is 0 Å². The van der Waals surface area contributed by atoms with Crippen LogP contribution in [0.15, 0.2) is 54.7 Å². The van der Waals surface area contributed by atoms with Gasteiger partial charge in [0.05, 0.1) is 24.0 Å². The molecule has 0 aliphatic carbocycles. The third-order valence-electron chi connectivity index (χ3n) is 5.33. The van der Waals surface area contributed by atoms with Crippen molar-refractivity contribution in [1.82, 2.24) is 14.6 Å². The minimum atomic E-state index is -4.33. The van der Waals surface area contributed by atoms with Crippen molar-refractivity contribution in [2.24, 2.45) is 0 Å². The van der Waals surface area contributed by atoms with E-state index in [1.54, 1.807) is 25.3 Å². The molecule has 0 spiro atoms. The smallest absolute Gasteiger partial charge is 0.390 e. The van der Waals surface area contributed by atoms with Gasteiger partial charge in [0.2, 0.25) is 5.88 Å². The molecule has 0 atom stereocenters. The second-order valence-electron chi connectivity index (χ2n) is 7.93. The molecule has 0 aliphatic rings. The van der Waals surface area contributed by atoms with Gasteiger partial charge < -0.3 is 10.1 Å². The number of rotatable bonds is 8. The van der Waals surface area contributed by atoms with Crippen LogP contribution >= 0.6 is 0 Å². The largest absolute Gasteiger partial charge is 0.437 e. The molecule has 1 N–H and O–H groups in total. The highest BCUT2D eigenvalue weighted by molar-refractivity contribution is 5.97. The molecule has 0 aliphatic heterocycles. The van der Waals surface area contributed by atoms with Crippen molar-refractivity contribution in [3.63, 3.8) is 0 Å². The van der Waals surface area contributed by atoms with E-state index in [4.69, 9.17) is 4.74 Å². The molecule has 2 aromatic heterocycles. The number of carbonyl (C=O) groups is 1. The quantitative estimate of drug-likeness (QED) is 0.225. The monoisotopic (exact) mass is 486 g/mol. The number of ketones is 1. The highest BCUT2D eigenvalue weighted by atomic mass is 19.4. The Morgan fingerprint density at radius 3 is 2.63 bits per heavy atom. The summed E-state index contributed by atoms with van der Waals surface area (Å²) in [6.45, 7) is 3.24. The number of aryl methyl sites for hydroxylation is 1. The normalized spacial score (nSPS) is 11.6. The van der Waals surface area contributed by atoms with Crippen LogP contribution in [0.4, 0.5) is 23.2 Å². The fourth-order valence-corrected chi connectivity index (χ4v) is 3.64. The van der Waals surface area contributed by atoms with E-state index in [-0.39, 0.29) is 29.6 Å².